The summed E-state index contributed by atoms with van der Waals surface area (Å²) in [6.07, 6.45) is 7.00. The van der Waals surface area contributed by atoms with Crippen LogP contribution >= 0.6 is 15.9 Å². The van der Waals surface area contributed by atoms with Crippen LogP contribution in [-0.2, 0) is 0 Å². The van der Waals surface area contributed by atoms with Crippen molar-refractivity contribution in [1.82, 2.24) is 4.90 Å². The second kappa shape index (κ2) is 6.39. The molecule has 1 unspecified atom stereocenters. The van der Waals surface area contributed by atoms with Crippen LogP contribution in [0.5, 0.6) is 0 Å². The number of rotatable bonds is 6. The second-order valence-corrected chi connectivity index (χ2v) is 6.80. The molecule has 0 spiro atoms. The van der Waals surface area contributed by atoms with Crippen molar-refractivity contribution in [2.24, 2.45) is 11.3 Å². The predicted molar refractivity (Wildman–Crippen MR) is 76.2 cm³/mol. The van der Waals surface area contributed by atoms with Crippen molar-refractivity contribution in [2.75, 3.05) is 18.9 Å². The van der Waals surface area contributed by atoms with E-state index in [0.717, 1.165) is 12.0 Å². The smallest absolute Gasteiger partial charge is 0.0100 e. The van der Waals surface area contributed by atoms with Crippen LogP contribution in [0, 0.1) is 11.3 Å². The van der Waals surface area contributed by atoms with E-state index in [-0.39, 0.29) is 0 Å². The van der Waals surface area contributed by atoms with Crippen LogP contribution in [0.15, 0.2) is 0 Å². The van der Waals surface area contributed by atoms with E-state index in [1.165, 1.54) is 44.0 Å². The summed E-state index contributed by atoms with van der Waals surface area (Å²) >= 11 is 3.74. The molecule has 1 nitrogen and oxygen atoms in total. The summed E-state index contributed by atoms with van der Waals surface area (Å²) in [5.74, 6) is 0.806. The molecule has 16 heavy (non-hydrogen) atoms. The molecule has 1 aliphatic rings. The monoisotopic (exact) mass is 289 g/mol. The molecular weight excluding hydrogens is 262 g/mol. The topological polar surface area (TPSA) is 3.24 Å². The fourth-order valence-corrected chi connectivity index (χ4v) is 3.74. The molecule has 0 saturated heterocycles. The van der Waals surface area contributed by atoms with Gasteiger partial charge in [-0.1, -0.05) is 42.6 Å². The van der Waals surface area contributed by atoms with Crippen LogP contribution in [0.4, 0.5) is 0 Å². The van der Waals surface area contributed by atoms with Crippen LogP contribution < -0.4 is 0 Å². The standard InChI is InChI=1S/C14H28BrN/c1-12(2)9-13(3)16(4)11-14(10-15)7-5-6-8-14/h12-13H,5-11H2,1-4H3. The fraction of sp³-hybridized carbons (Fsp3) is 1.00. The van der Waals surface area contributed by atoms with Crippen molar-refractivity contribution >= 4 is 15.9 Å². The van der Waals surface area contributed by atoms with E-state index in [9.17, 15) is 0 Å². The minimum atomic E-state index is 0.569. The molecule has 2 heteroatoms. The first-order valence-corrected chi connectivity index (χ1v) is 7.87. The molecule has 0 aromatic heterocycles. The third-order valence-electron chi connectivity index (χ3n) is 4.10. The van der Waals surface area contributed by atoms with Gasteiger partial charge in [0.25, 0.3) is 0 Å². The van der Waals surface area contributed by atoms with E-state index in [4.69, 9.17) is 0 Å². The molecule has 1 atom stereocenters. The Balaban J connectivity index is 2.45. The maximum Gasteiger partial charge on any atom is 0.0100 e. The van der Waals surface area contributed by atoms with Crippen molar-refractivity contribution < 1.29 is 0 Å². The summed E-state index contributed by atoms with van der Waals surface area (Å²) in [6, 6.07) is 0.719. The number of hydrogen-bond donors (Lipinski definition) is 0. The van der Waals surface area contributed by atoms with Crippen LogP contribution in [0.3, 0.4) is 0 Å². The van der Waals surface area contributed by atoms with Gasteiger partial charge < -0.3 is 4.90 Å². The zero-order valence-corrected chi connectivity index (χ0v) is 13.0. The van der Waals surface area contributed by atoms with E-state index < -0.39 is 0 Å². The zero-order chi connectivity index (χ0) is 12.2. The van der Waals surface area contributed by atoms with E-state index in [2.05, 4.69) is 48.6 Å². The highest BCUT2D eigenvalue weighted by atomic mass is 79.9. The lowest BCUT2D eigenvalue weighted by Gasteiger charge is -2.35. The molecule has 0 aromatic carbocycles. The second-order valence-electron chi connectivity index (χ2n) is 6.23. The molecule has 96 valence electrons. The highest BCUT2D eigenvalue weighted by molar-refractivity contribution is 9.09. The zero-order valence-electron chi connectivity index (χ0n) is 11.4. The Hall–Kier alpha value is 0.440. The highest BCUT2D eigenvalue weighted by Crippen LogP contribution is 2.40. The first kappa shape index (κ1) is 14.5. The van der Waals surface area contributed by atoms with Gasteiger partial charge in [-0.15, -0.1) is 0 Å². The Kier molecular flexibility index (Phi) is 5.79. The molecule has 1 aliphatic carbocycles. The molecule has 0 bridgehead atoms. The average molecular weight is 290 g/mol. The number of hydrogen-bond acceptors (Lipinski definition) is 1. The molecular formula is C14H28BrN. The quantitative estimate of drug-likeness (QED) is 0.659. The van der Waals surface area contributed by atoms with Crippen LogP contribution in [-0.4, -0.2) is 29.9 Å². The van der Waals surface area contributed by atoms with Gasteiger partial charge in [0.2, 0.25) is 0 Å². The lowest BCUT2D eigenvalue weighted by Crippen LogP contribution is -2.40. The summed E-state index contributed by atoms with van der Waals surface area (Å²) in [5.41, 5.74) is 0.569. The molecule has 0 N–H and O–H groups in total. The van der Waals surface area contributed by atoms with E-state index in [0.29, 0.717) is 5.41 Å². The largest absolute Gasteiger partial charge is 0.303 e. The molecule has 1 rings (SSSR count). The Bertz CT molecular complexity index is 197. The maximum absolute atomic E-state index is 3.74. The predicted octanol–water partition coefficient (Wildman–Crippen LogP) is 4.31. The Morgan fingerprint density at radius 1 is 1.19 bits per heavy atom. The summed E-state index contributed by atoms with van der Waals surface area (Å²) in [4.78, 5) is 2.58. The first-order chi connectivity index (χ1) is 7.49. The summed E-state index contributed by atoms with van der Waals surface area (Å²) in [5, 5.41) is 1.18. The molecule has 0 heterocycles. The van der Waals surface area contributed by atoms with Gasteiger partial charge in [-0.25, -0.2) is 0 Å². The number of nitrogens with zero attached hydrogens (tertiary/aromatic N) is 1. The Labute approximate surface area is 110 Å². The van der Waals surface area contributed by atoms with Gasteiger partial charge in [0.15, 0.2) is 0 Å². The maximum atomic E-state index is 3.74. The molecule has 0 aromatic rings. The fourth-order valence-electron chi connectivity index (χ4n) is 3.01. The van der Waals surface area contributed by atoms with Gasteiger partial charge in [0, 0.05) is 17.9 Å². The van der Waals surface area contributed by atoms with Crippen LogP contribution in [0.2, 0.25) is 0 Å². The number of halogens is 1. The van der Waals surface area contributed by atoms with Gasteiger partial charge in [-0.05, 0) is 44.6 Å². The van der Waals surface area contributed by atoms with Gasteiger partial charge in [0.05, 0.1) is 0 Å². The third kappa shape index (κ3) is 4.03. The molecule has 1 saturated carbocycles. The molecule has 1 fully saturated rings. The van der Waals surface area contributed by atoms with E-state index >= 15 is 0 Å². The third-order valence-corrected chi connectivity index (χ3v) is 5.29. The van der Waals surface area contributed by atoms with Gasteiger partial charge in [-0.2, -0.15) is 0 Å². The van der Waals surface area contributed by atoms with E-state index in [1.54, 1.807) is 0 Å². The van der Waals surface area contributed by atoms with Gasteiger partial charge >= 0.3 is 0 Å². The normalized spacial score (nSPS) is 21.9. The van der Waals surface area contributed by atoms with Crippen molar-refractivity contribution in [2.45, 2.75) is 58.9 Å². The first-order valence-electron chi connectivity index (χ1n) is 6.75. The lowest BCUT2D eigenvalue weighted by molar-refractivity contribution is 0.150. The lowest BCUT2D eigenvalue weighted by atomic mass is 9.87. The van der Waals surface area contributed by atoms with Crippen molar-refractivity contribution in [3.63, 3.8) is 0 Å². The van der Waals surface area contributed by atoms with Crippen molar-refractivity contribution in [3.05, 3.63) is 0 Å². The molecule has 0 radical (unpaired) electrons. The van der Waals surface area contributed by atoms with Gasteiger partial charge in [0.1, 0.15) is 0 Å². The molecule has 0 amide bonds. The molecule has 0 aliphatic heterocycles. The average Bonchev–Trinajstić information content (AvgIpc) is 2.66. The minimum Gasteiger partial charge on any atom is -0.303 e. The summed E-state index contributed by atoms with van der Waals surface area (Å²) in [6.45, 7) is 8.28. The van der Waals surface area contributed by atoms with Crippen molar-refractivity contribution in [1.29, 1.82) is 0 Å². The van der Waals surface area contributed by atoms with Crippen molar-refractivity contribution in [3.8, 4) is 0 Å². The summed E-state index contributed by atoms with van der Waals surface area (Å²) in [7, 11) is 2.30. The van der Waals surface area contributed by atoms with Crippen LogP contribution in [0.1, 0.15) is 52.9 Å². The Morgan fingerprint density at radius 3 is 2.19 bits per heavy atom. The summed E-state index contributed by atoms with van der Waals surface area (Å²) < 4.78 is 0. The van der Waals surface area contributed by atoms with Crippen LogP contribution in [0.25, 0.3) is 0 Å². The van der Waals surface area contributed by atoms with E-state index in [1.807, 2.05) is 0 Å². The SMILES string of the molecule is CC(C)CC(C)N(C)CC1(CBr)CCCC1. The van der Waals surface area contributed by atoms with Gasteiger partial charge in [-0.3, -0.25) is 0 Å². The number of alkyl halides is 1. The highest BCUT2D eigenvalue weighted by Gasteiger charge is 2.34. The Morgan fingerprint density at radius 2 is 1.75 bits per heavy atom. The minimum absolute atomic E-state index is 0.569.